The average Bonchev–Trinajstić information content (AvgIpc) is 2.20. The molecular formula is C10H14ClNOS. The van der Waals surface area contributed by atoms with Crippen LogP contribution in [0.5, 0.6) is 5.75 Å². The van der Waals surface area contributed by atoms with Crippen LogP contribution in [0.4, 0.5) is 0 Å². The lowest BCUT2D eigenvalue weighted by molar-refractivity contribution is 0.409. The molecule has 0 heterocycles. The molecule has 14 heavy (non-hydrogen) atoms. The third kappa shape index (κ3) is 2.35. The van der Waals surface area contributed by atoms with Gasteiger partial charge in [-0.2, -0.15) is 12.6 Å². The molecule has 0 radical (unpaired) electrons. The van der Waals surface area contributed by atoms with Gasteiger partial charge in [0.25, 0.3) is 0 Å². The Morgan fingerprint density at radius 2 is 2.21 bits per heavy atom. The van der Waals surface area contributed by atoms with Crippen molar-refractivity contribution in [2.24, 2.45) is 5.73 Å². The summed E-state index contributed by atoms with van der Waals surface area (Å²) in [6.45, 7) is 2.39. The van der Waals surface area contributed by atoms with Gasteiger partial charge in [0.15, 0.2) is 0 Å². The Hall–Kier alpha value is -0.380. The van der Waals surface area contributed by atoms with Crippen LogP contribution in [0.15, 0.2) is 12.1 Å². The summed E-state index contributed by atoms with van der Waals surface area (Å²) in [5.41, 5.74) is 7.47. The first-order chi connectivity index (χ1) is 6.60. The van der Waals surface area contributed by atoms with Gasteiger partial charge in [0.1, 0.15) is 5.75 Å². The molecular weight excluding hydrogens is 218 g/mol. The Kier molecular flexibility index (Phi) is 4.11. The third-order valence-corrected chi connectivity index (χ3v) is 2.99. The number of rotatable bonds is 3. The largest absolute Gasteiger partial charge is 0.496 e. The topological polar surface area (TPSA) is 35.2 Å². The van der Waals surface area contributed by atoms with Gasteiger partial charge in [0, 0.05) is 22.4 Å². The van der Waals surface area contributed by atoms with Gasteiger partial charge < -0.3 is 10.5 Å². The molecule has 0 spiro atoms. The van der Waals surface area contributed by atoms with E-state index in [2.05, 4.69) is 12.6 Å². The summed E-state index contributed by atoms with van der Waals surface area (Å²) in [6.07, 6.45) is 0. The number of aryl methyl sites for hydroxylation is 1. The normalized spacial score (nSPS) is 12.6. The molecule has 0 aliphatic heterocycles. The number of thiol groups is 1. The van der Waals surface area contributed by atoms with Crippen molar-refractivity contribution in [3.05, 3.63) is 28.3 Å². The van der Waals surface area contributed by atoms with Crippen molar-refractivity contribution in [2.45, 2.75) is 12.2 Å². The number of ether oxygens (including phenoxy) is 1. The number of nitrogens with two attached hydrogens (primary N) is 1. The lowest BCUT2D eigenvalue weighted by Crippen LogP contribution is -2.08. The fourth-order valence-corrected chi connectivity index (χ4v) is 1.61. The Labute approximate surface area is 94.8 Å². The van der Waals surface area contributed by atoms with Gasteiger partial charge in [-0.3, -0.25) is 0 Å². The summed E-state index contributed by atoms with van der Waals surface area (Å²) >= 11 is 10.4. The molecule has 1 rings (SSSR count). The van der Waals surface area contributed by atoms with Crippen molar-refractivity contribution >= 4 is 24.2 Å². The maximum atomic E-state index is 6.01. The summed E-state index contributed by atoms with van der Waals surface area (Å²) in [5.74, 6) is 0.789. The van der Waals surface area contributed by atoms with Crippen LogP contribution in [0.1, 0.15) is 16.4 Å². The van der Waals surface area contributed by atoms with Crippen LogP contribution in [0.25, 0.3) is 0 Å². The third-order valence-electron chi connectivity index (χ3n) is 2.09. The standard InChI is InChI=1S/C10H14ClNOS/c1-6-3-9(13-2)7(4-8(6)11)10(14)5-12/h3-4,10,14H,5,12H2,1-2H3. The maximum Gasteiger partial charge on any atom is 0.123 e. The lowest BCUT2D eigenvalue weighted by Gasteiger charge is -2.14. The molecule has 1 atom stereocenters. The molecule has 0 bridgehead atoms. The zero-order valence-corrected chi connectivity index (χ0v) is 9.90. The first kappa shape index (κ1) is 11.7. The molecule has 0 aromatic heterocycles. The second-order valence-corrected chi connectivity index (χ2v) is 4.13. The van der Waals surface area contributed by atoms with E-state index in [1.54, 1.807) is 7.11 Å². The summed E-state index contributed by atoms with van der Waals surface area (Å²) < 4.78 is 5.24. The maximum absolute atomic E-state index is 6.01. The molecule has 4 heteroatoms. The minimum absolute atomic E-state index is 0.0388. The van der Waals surface area contributed by atoms with E-state index in [-0.39, 0.29) is 5.25 Å². The zero-order valence-electron chi connectivity index (χ0n) is 8.25. The number of hydrogen-bond acceptors (Lipinski definition) is 3. The van der Waals surface area contributed by atoms with E-state index in [9.17, 15) is 0 Å². The van der Waals surface area contributed by atoms with Crippen LogP contribution in [0.2, 0.25) is 5.02 Å². The van der Waals surface area contributed by atoms with Gasteiger partial charge in [-0.05, 0) is 24.6 Å². The molecule has 0 fully saturated rings. The van der Waals surface area contributed by atoms with Crippen molar-refractivity contribution in [1.82, 2.24) is 0 Å². The first-order valence-corrected chi connectivity index (χ1v) is 5.21. The molecule has 2 N–H and O–H groups in total. The predicted octanol–water partition coefficient (Wildman–Crippen LogP) is 2.59. The van der Waals surface area contributed by atoms with Gasteiger partial charge in [-0.15, -0.1) is 0 Å². The lowest BCUT2D eigenvalue weighted by atomic mass is 10.1. The monoisotopic (exact) mass is 231 g/mol. The van der Waals surface area contributed by atoms with Gasteiger partial charge in [-0.25, -0.2) is 0 Å². The second-order valence-electron chi connectivity index (χ2n) is 3.09. The second kappa shape index (κ2) is 4.91. The van der Waals surface area contributed by atoms with Gasteiger partial charge >= 0.3 is 0 Å². The number of halogens is 1. The van der Waals surface area contributed by atoms with E-state index in [0.29, 0.717) is 11.6 Å². The molecule has 0 amide bonds. The highest BCUT2D eigenvalue weighted by Gasteiger charge is 2.12. The molecule has 0 aliphatic carbocycles. The number of methoxy groups -OCH3 is 1. The molecule has 0 saturated heterocycles. The van der Waals surface area contributed by atoms with E-state index < -0.39 is 0 Å². The van der Waals surface area contributed by atoms with Crippen molar-refractivity contribution < 1.29 is 4.74 Å². The van der Waals surface area contributed by atoms with E-state index in [4.69, 9.17) is 22.1 Å². The highest BCUT2D eigenvalue weighted by molar-refractivity contribution is 7.80. The van der Waals surface area contributed by atoms with E-state index in [1.165, 1.54) is 0 Å². The van der Waals surface area contributed by atoms with Crippen LogP contribution in [0, 0.1) is 6.92 Å². The van der Waals surface area contributed by atoms with Gasteiger partial charge in [0.2, 0.25) is 0 Å². The minimum atomic E-state index is -0.0388. The highest BCUT2D eigenvalue weighted by atomic mass is 35.5. The van der Waals surface area contributed by atoms with Gasteiger partial charge in [0.05, 0.1) is 7.11 Å². The van der Waals surface area contributed by atoms with Crippen LogP contribution in [-0.4, -0.2) is 13.7 Å². The van der Waals surface area contributed by atoms with Crippen molar-refractivity contribution in [1.29, 1.82) is 0 Å². The smallest absolute Gasteiger partial charge is 0.123 e. The molecule has 0 aliphatic rings. The van der Waals surface area contributed by atoms with Crippen LogP contribution < -0.4 is 10.5 Å². The Balaban J connectivity index is 3.19. The fraction of sp³-hybridized carbons (Fsp3) is 0.400. The zero-order chi connectivity index (χ0) is 10.7. The average molecular weight is 232 g/mol. The van der Waals surface area contributed by atoms with Gasteiger partial charge in [-0.1, -0.05) is 11.6 Å². The van der Waals surface area contributed by atoms with Crippen LogP contribution in [0.3, 0.4) is 0 Å². The molecule has 1 unspecified atom stereocenters. The number of hydrogen-bond donors (Lipinski definition) is 2. The fourth-order valence-electron chi connectivity index (χ4n) is 1.23. The molecule has 1 aromatic carbocycles. The van der Waals surface area contributed by atoms with Crippen molar-refractivity contribution in [2.75, 3.05) is 13.7 Å². The summed E-state index contributed by atoms with van der Waals surface area (Å²) in [7, 11) is 1.63. The quantitative estimate of drug-likeness (QED) is 0.785. The Morgan fingerprint density at radius 1 is 1.57 bits per heavy atom. The van der Waals surface area contributed by atoms with Crippen molar-refractivity contribution in [3.63, 3.8) is 0 Å². The summed E-state index contributed by atoms with van der Waals surface area (Å²) in [4.78, 5) is 0. The summed E-state index contributed by atoms with van der Waals surface area (Å²) in [5, 5.41) is 0.677. The molecule has 78 valence electrons. The number of benzene rings is 1. The van der Waals surface area contributed by atoms with E-state index in [1.807, 2.05) is 19.1 Å². The van der Waals surface area contributed by atoms with Crippen molar-refractivity contribution in [3.8, 4) is 5.75 Å². The first-order valence-electron chi connectivity index (χ1n) is 4.32. The summed E-state index contributed by atoms with van der Waals surface area (Å²) in [6, 6.07) is 3.76. The Morgan fingerprint density at radius 3 is 2.71 bits per heavy atom. The van der Waals surface area contributed by atoms with E-state index >= 15 is 0 Å². The SMILES string of the molecule is COc1cc(C)c(Cl)cc1C(S)CN. The minimum Gasteiger partial charge on any atom is -0.496 e. The van der Waals surface area contributed by atoms with E-state index in [0.717, 1.165) is 16.9 Å². The molecule has 2 nitrogen and oxygen atoms in total. The van der Waals surface area contributed by atoms with Crippen LogP contribution >= 0.6 is 24.2 Å². The van der Waals surface area contributed by atoms with Crippen LogP contribution in [-0.2, 0) is 0 Å². The predicted molar refractivity (Wildman–Crippen MR) is 63.5 cm³/mol. The highest BCUT2D eigenvalue weighted by Crippen LogP contribution is 2.33. The molecule has 0 saturated carbocycles. The Bertz CT molecular complexity index is 330. The molecule has 1 aromatic rings.